The smallest absolute Gasteiger partial charge is 0.323 e. The van der Waals surface area contributed by atoms with E-state index in [0.29, 0.717) is 13.0 Å². The zero-order valence-corrected chi connectivity index (χ0v) is 12.8. The van der Waals surface area contributed by atoms with Crippen molar-refractivity contribution in [3.05, 3.63) is 71.8 Å². The highest BCUT2D eigenvalue weighted by molar-refractivity contribution is 5.75. The summed E-state index contributed by atoms with van der Waals surface area (Å²) >= 11 is 0. The first-order valence-electron chi connectivity index (χ1n) is 7.76. The molecule has 0 aliphatic carbocycles. The van der Waals surface area contributed by atoms with Crippen LogP contribution in [-0.2, 0) is 22.4 Å². The summed E-state index contributed by atoms with van der Waals surface area (Å²) in [7, 11) is 0. The van der Waals surface area contributed by atoms with Crippen LogP contribution in [0.3, 0.4) is 0 Å². The van der Waals surface area contributed by atoms with Crippen molar-refractivity contribution in [2.45, 2.75) is 31.7 Å². The lowest BCUT2D eigenvalue weighted by atomic mass is 10.1. The van der Waals surface area contributed by atoms with E-state index in [-0.39, 0.29) is 5.97 Å². The minimum atomic E-state index is -0.587. The number of benzene rings is 2. The molecule has 0 spiro atoms. The topological polar surface area (TPSA) is 52.3 Å². The standard InChI is InChI=1S/C19H23NO2/c20-18(15-17-12-5-2-6-13-17)19(21)22-14-8-7-11-16-9-3-1-4-10-16/h1-6,9-10,12-13,18H,7-8,11,14-15,20H2. The van der Waals surface area contributed by atoms with Gasteiger partial charge in [0.1, 0.15) is 6.04 Å². The third kappa shape index (κ3) is 5.70. The molecule has 0 fully saturated rings. The average molecular weight is 297 g/mol. The van der Waals surface area contributed by atoms with Gasteiger partial charge in [-0.25, -0.2) is 0 Å². The van der Waals surface area contributed by atoms with E-state index in [1.54, 1.807) is 0 Å². The highest BCUT2D eigenvalue weighted by Gasteiger charge is 2.15. The van der Waals surface area contributed by atoms with E-state index in [2.05, 4.69) is 12.1 Å². The Morgan fingerprint density at radius 1 is 0.909 bits per heavy atom. The number of rotatable bonds is 8. The van der Waals surface area contributed by atoms with Crippen LogP contribution in [0.2, 0.25) is 0 Å². The molecular formula is C19H23NO2. The molecule has 0 saturated carbocycles. The Kier molecular flexibility index (Phi) is 6.65. The van der Waals surface area contributed by atoms with Gasteiger partial charge in [-0.3, -0.25) is 4.79 Å². The minimum Gasteiger partial charge on any atom is -0.465 e. The molecule has 0 bridgehead atoms. The summed E-state index contributed by atoms with van der Waals surface area (Å²) in [5.41, 5.74) is 8.25. The van der Waals surface area contributed by atoms with Gasteiger partial charge in [-0.1, -0.05) is 60.7 Å². The molecule has 1 unspecified atom stereocenters. The van der Waals surface area contributed by atoms with E-state index < -0.39 is 6.04 Å². The van der Waals surface area contributed by atoms with Crippen molar-refractivity contribution in [3.63, 3.8) is 0 Å². The summed E-state index contributed by atoms with van der Waals surface area (Å²) in [5, 5.41) is 0. The van der Waals surface area contributed by atoms with Crippen molar-refractivity contribution in [2.24, 2.45) is 5.73 Å². The molecule has 0 aliphatic rings. The van der Waals surface area contributed by atoms with E-state index in [9.17, 15) is 4.79 Å². The molecule has 3 nitrogen and oxygen atoms in total. The van der Waals surface area contributed by atoms with Crippen molar-refractivity contribution >= 4 is 5.97 Å². The second kappa shape index (κ2) is 9.00. The highest BCUT2D eigenvalue weighted by atomic mass is 16.5. The van der Waals surface area contributed by atoms with Gasteiger partial charge in [0.15, 0.2) is 0 Å². The lowest BCUT2D eigenvalue weighted by Gasteiger charge is -2.11. The molecule has 116 valence electrons. The van der Waals surface area contributed by atoms with E-state index in [0.717, 1.165) is 24.8 Å². The second-order valence-corrected chi connectivity index (χ2v) is 5.41. The van der Waals surface area contributed by atoms with Crippen molar-refractivity contribution in [1.29, 1.82) is 0 Å². The first-order valence-corrected chi connectivity index (χ1v) is 7.76. The molecule has 3 heteroatoms. The van der Waals surface area contributed by atoms with Crippen molar-refractivity contribution in [3.8, 4) is 0 Å². The fraction of sp³-hybridized carbons (Fsp3) is 0.316. The molecule has 0 aliphatic heterocycles. The first-order chi connectivity index (χ1) is 10.8. The van der Waals surface area contributed by atoms with Crippen LogP contribution >= 0.6 is 0 Å². The van der Waals surface area contributed by atoms with Gasteiger partial charge < -0.3 is 10.5 Å². The maximum absolute atomic E-state index is 11.8. The summed E-state index contributed by atoms with van der Waals surface area (Å²) < 4.78 is 5.25. The van der Waals surface area contributed by atoms with E-state index >= 15 is 0 Å². The summed E-state index contributed by atoms with van der Waals surface area (Å²) in [5.74, 6) is -0.316. The second-order valence-electron chi connectivity index (χ2n) is 5.41. The molecule has 0 heterocycles. The lowest BCUT2D eigenvalue weighted by molar-refractivity contribution is -0.145. The van der Waals surface area contributed by atoms with Gasteiger partial charge in [-0.15, -0.1) is 0 Å². The summed E-state index contributed by atoms with van der Waals surface area (Å²) in [6.45, 7) is 0.439. The van der Waals surface area contributed by atoms with Gasteiger partial charge in [0.25, 0.3) is 0 Å². The van der Waals surface area contributed by atoms with Crippen LogP contribution in [0.15, 0.2) is 60.7 Å². The zero-order chi connectivity index (χ0) is 15.6. The number of hydrogen-bond acceptors (Lipinski definition) is 3. The molecule has 1 atom stereocenters. The van der Waals surface area contributed by atoms with E-state index in [4.69, 9.17) is 10.5 Å². The van der Waals surface area contributed by atoms with Crippen LogP contribution in [0, 0.1) is 0 Å². The van der Waals surface area contributed by atoms with Crippen molar-refractivity contribution in [1.82, 2.24) is 0 Å². The Hall–Kier alpha value is -2.13. The molecule has 2 aromatic rings. The number of carbonyl (C=O) groups is 1. The van der Waals surface area contributed by atoms with Crippen LogP contribution in [0.1, 0.15) is 24.0 Å². The number of carbonyl (C=O) groups excluding carboxylic acids is 1. The van der Waals surface area contributed by atoms with E-state index in [1.165, 1.54) is 5.56 Å². The third-order valence-corrected chi connectivity index (χ3v) is 3.55. The average Bonchev–Trinajstić information content (AvgIpc) is 2.56. The molecule has 22 heavy (non-hydrogen) atoms. The van der Waals surface area contributed by atoms with Crippen molar-refractivity contribution < 1.29 is 9.53 Å². The number of hydrogen-bond donors (Lipinski definition) is 1. The maximum Gasteiger partial charge on any atom is 0.323 e. The monoisotopic (exact) mass is 297 g/mol. The number of nitrogens with two attached hydrogens (primary N) is 1. The number of esters is 1. The van der Waals surface area contributed by atoms with Gasteiger partial charge in [0.2, 0.25) is 0 Å². The fourth-order valence-electron chi connectivity index (χ4n) is 2.31. The van der Waals surface area contributed by atoms with Gasteiger partial charge in [-0.2, -0.15) is 0 Å². The van der Waals surface area contributed by atoms with Gasteiger partial charge >= 0.3 is 5.97 Å². The third-order valence-electron chi connectivity index (χ3n) is 3.55. The molecule has 2 N–H and O–H groups in total. The number of aryl methyl sites for hydroxylation is 1. The molecular weight excluding hydrogens is 274 g/mol. The van der Waals surface area contributed by atoms with Crippen LogP contribution < -0.4 is 5.73 Å². The van der Waals surface area contributed by atoms with Crippen LogP contribution in [-0.4, -0.2) is 18.6 Å². The predicted octanol–water partition coefficient (Wildman–Crippen LogP) is 3.12. The summed E-state index contributed by atoms with van der Waals surface area (Å²) in [4.78, 5) is 11.8. The Labute approximate surface area is 132 Å². The number of ether oxygens (including phenoxy) is 1. The quantitative estimate of drug-likeness (QED) is 0.601. The molecule has 0 amide bonds. The SMILES string of the molecule is NC(Cc1ccccc1)C(=O)OCCCCc1ccccc1. The van der Waals surface area contributed by atoms with Crippen LogP contribution in [0.25, 0.3) is 0 Å². The van der Waals surface area contributed by atoms with Gasteiger partial charge in [0.05, 0.1) is 6.61 Å². The Bertz CT molecular complexity index is 554. The molecule has 0 saturated heterocycles. The molecule has 0 aromatic heterocycles. The number of unbranched alkanes of at least 4 members (excludes halogenated alkanes) is 1. The maximum atomic E-state index is 11.8. The predicted molar refractivity (Wildman–Crippen MR) is 88.5 cm³/mol. The summed E-state index contributed by atoms with van der Waals surface area (Å²) in [6.07, 6.45) is 3.39. The van der Waals surface area contributed by atoms with Crippen LogP contribution in [0.5, 0.6) is 0 Å². The summed E-state index contributed by atoms with van der Waals surface area (Å²) in [6, 6.07) is 19.5. The Balaban J connectivity index is 1.61. The normalized spacial score (nSPS) is 11.9. The van der Waals surface area contributed by atoms with E-state index in [1.807, 2.05) is 48.5 Å². The molecule has 2 rings (SSSR count). The zero-order valence-electron chi connectivity index (χ0n) is 12.8. The van der Waals surface area contributed by atoms with Gasteiger partial charge in [-0.05, 0) is 36.8 Å². The molecule has 0 radical (unpaired) electrons. The minimum absolute atomic E-state index is 0.316. The largest absolute Gasteiger partial charge is 0.465 e. The molecule has 2 aromatic carbocycles. The Morgan fingerprint density at radius 3 is 2.14 bits per heavy atom. The van der Waals surface area contributed by atoms with Gasteiger partial charge in [0, 0.05) is 0 Å². The fourth-order valence-corrected chi connectivity index (χ4v) is 2.31. The Morgan fingerprint density at radius 2 is 1.50 bits per heavy atom. The lowest BCUT2D eigenvalue weighted by Crippen LogP contribution is -2.34. The first kappa shape index (κ1) is 16.2. The highest BCUT2D eigenvalue weighted by Crippen LogP contribution is 2.06. The van der Waals surface area contributed by atoms with Crippen LogP contribution in [0.4, 0.5) is 0 Å². The van der Waals surface area contributed by atoms with Crippen molar-refractivity contribution in [2.75, 3.05) is 6.61 Å².